The van der Waals surface area contributed by atoms with E-state index in [2.05, 4.69) is 26.5 Å². The molecule has 0 fully saturated rings. The summed E-state index contributed by atoms with van der Waals surface area (Å²) in [6, 6.07) is 12.0. The van der Waals surface area contributed by atoms with Gasteiger partial charge in [0.2, 0.25) is 0 Å². The molecule has 0 atom stereocenters. The van der Waals surface area contributed by atoms with E-state index in [0.717, 1.165) is 21.8 Å². The molecule has 2 aromatic rings. The number of anilines is 1. The Kier molecular flexibility index (Phi) is 3.05. The number of thiophene rings is 1. The lowest BCUT2D eigenvalue weighted by molar-refractivity contribution is 0.317. The van der Waals surface area contributed by atoms with Gasteiger partial charge in [-0.05, 0) is 11.4 Å². The van der Waals surface area contributed by atoms with Crippen LogP contribution < -0.4 is 4.90 Å². The van der Waals surface area contributed by atoms with E-state index in [0.29, 0.717) is 12.4 Å². The highest BCUT2D eigenvalue weighted by atomic mass is 32.1. The SMILES string of the molecule is CN1CC(=NO)N=C(c2ccccc2)c2ccsc21. The van der Waals surface area contributed by atoms with Crippen molar-refractivity contribution in [3.8, 4) is 0 Å². The first-order valence-electron chi connectivity index (χ1n) is 5.93. The minimum atomic E-state index is 0.421. The van der Waals surface area contributed by atoms with Crippen LogP contribution in [-0.2, 0) is 0 Å². The maximum atomic E-state index is 9.07. The molecule has 0 bridgehead atoms. The van der Waals surface area contributed by atoms with Gasteiger partial charge in [-0.1, -0.05) is 35.5 Å². The zero-order chi connectivity index (χ0) is 13.2. The van der Waals surface area contributed by atoms with Crippen molar-refractivity contribution >= 4 is 27.9 Å². The first-order chi connectivity index (χ1) is 9.29. The molecule has 0 aliphatic carbocycles. The number of nitrogens with zero attached hydrogens (tertiary/aromatic N) is 3. The van der Waals surface area contributed by atoms with Crippen molar-refractivity contribution < 1.29 is 5.21 Å². The summed E-state index contributed by atoms with van der Waals surface area (Å²) in [4.78, 5) is 6.56. The summed E-state index contributed by atoms with van der Waals surface area (Å²) < 4.78 is 0. The van der Waals surface area contributed by atoms with Gasteiger partial charge < -0.3 is 10.1 Å². The Morgan fingerprint density at radius 2 is 2.05 bits per heavy atom. The number of aliphatic imine (C=N–C) groups is 1. The highest BCUT2D eigenvalue weighted by Crippen LogP contribution is 2.31. The van der Waals surface area contributed by atoms with Crippen LogP contribution in [0, 0.1) is 0 Å². The number of fused-ring (bicyclic) bond motifs is 1. The second-order valence-corrected chi connectivity index (χ2v) is 5.23. The molecule has 96 valence electrons. The molecule has 1 N–H and O–H groups in total. The minimum absolute atomic E-state index is 0.421. The van der Waals surface area contributed by atoms with Crippen molar-refractivity contribution in [3.63, 3.8) is 0 Å². The molecule has 1 aliphatic heterocycles. The molecule has 0 saturated heterocycles. The topological polar surface area (TPSA) is 48.2 Å². The summed E-state index contributed by atoms with van der Waals surface area (Å²) in [6.45, 7) is 0.500. The fraction of sp³-hybridized carbons (Fsp3) is 0.143. The van der Waals surface area contributed by atoms with E-state index in [1.807, 2.05) is 37.4 Å². The van der Waals surface area contributed by atoms with Crippen LogP contribution in [0.2, 0.25) is 0 Å². The van der Waals surface area contributed by atoms with Crippen LogP contribution in [0.5, 0.6) is 0 Å². The van der Waals surface area contributed by atoms with Crippen molar-refractivity contribution in [2.45, 2.75) is 0 Å². The van der Waals surface area contributed by atoms with Gasteiger partial charge in [-0.15, -0.1) is 11.3 Å². The first-order valence-corrected chi connectivity index (χ1v) is 6.81. The Bertz CT molecular complexity index is 646. The summed E-state index contributed by atoms with van der Waals surface area (Å²) in [5.41, 5.74) is 2.96. The van der Waals surface area contributed by atoms with Crippen LogP contribution in [0.25, 0.3) is 0 Å². The average molecular weight is 271 g/mol. The lowest BCUT2D eigenvalue weighted by atomic mass is 10.0. The Labute approximate surface area is 115 Å². The smallest absolute Gasteiger partial charge is 0.187 e. The van der Waals surface area contributed by atoms with E-state index in [4.69, 9.17) is 5.21 Å². The maximum absolute atomic E-state index is 9.07. The van der Waals surface area contributed by atoms with Gasteiger partial charge in [-0.3, -0.25) is 0 Å². The molecule has 3 rings (SSSR count). The van der Waals surface area contributed by atoms with Gasteiger partial charge >= 0.3 is 0 Å². The lowest BCUT2D eigenvalue weighted by Gasteiger charge is -2.15. The van der Waals surface area contributed by atoms with E-state index in [1.54, 1.807) is 11.3 Å². The van der Waals surface area contributed by atoms with Gasteiger partial charge in [0.1, 0.15) is 5.00 Å². The monoisotopic (exact) mass is 271 g/mol. The van der Waals surface area contributed by atoms with Crippen LogP contribution in [0.3, 0.4) is 0 Å². The summed E-state index contributed by atoms with van der Waals surface area (Å²) >= 11 is 1.67. The van der Waals surface area contributed by atoms with Gasteiger partial charge in [0.05, 0.1) is 12.3 Å². The molecule has 1 aromatic carbocycles. The zero-order valence-electron chi connectivity index (χ0n) is 10.4. The second-order valence-electron chi connectivity index (χ2n) is 4.34. The first kappa shape index (κ1) is 11.9. The molecule has 0 unspecified atom stereocenters. The van der Waals surface area contributed by atoms with E-state index in [1.165, 1.54) is 0 Å². The van der Waals surface area contributed by atoms with Gasteiger partial charge in [-0.2, -0.15) is 0 Å². The number of rotatable bonds is 1. The summed E-state index contributed by atoms with van der Waals surface area (Å²) in [5.74, 6) is 0.421. The van der Waals surface area contributed by atoms with Crippen molar-refractivity contribution in [1.29, 1.82) is 0 Å². The van der Waals surface area contributed by atoms with Gasteiger partial charge in [0, 0.05) is 18.2 Å². The third kappa shape index (κ3) is 2.13. The standard InChI is InChI=1S/C14H13N3OS/c1-17-9-12(16-18)15-13(10-5-3-2-4-6-10)11-7-8-19-14(11)17/h2-8,18H,9H2,1H3. The van der Waals surface area contributed by atoms with E-state index in [-0.39, 0.29) is 0 Å². The third-order valence-electron chi connectivity index (χ3n) is 3.03. The molecular formula is C14H13N3OS. The van der Waals surface area contributed by atoms with Crippen LogP contribution >= 0.6 is 11.3 Å². The molecule has 0 radical (unpaired) electrons. The predicted molar refractivity (Wildman–Crippen MR) is 78.9 cm³/mol. The molecule has 5 heteroatoms. The van der Waals surface area contributed by atoms with Crippen molar-refractivity contribution in [2.75, 3.05) is 18.5 Å². The molecule has 1 aliphatic rings. The highest BCUT2D eigenvalue weighted by molar-refractivity contribution is 7.14. The predicted octanol–water partition coefficient (Wildman–Crippen LogP) is 2.82. The van der Waals surface area contributed by atoms with E-state index >= 15 is 0 Å². The van der Waals surface area contributed by atoms with Crippen LogP contribution in [0.15, 0.2) is 51.9 Å². The fourth-order valence-corrected chi connectivity index (χ4v) is 3.02. The van der Waals surface area contributed by atoms with E-state index in [9.17, 15) is 0 Å². The number of amidine groups is 1. The molecule has 19 heavy (non-hydrogen) atoms. The second kappa shape index (κ2) is 4.85. The quantitative estimate of drug-likeness (QED) is 0.640. The van der Waals surface area contributed by atoms with Crippen LogP contribution in [0.4, 0.5) is 5.00 Å². The fourth-order valence-electron chi connectivity index (χ4n) is 2.16. The molecular weight excluding hydrogens is 258 g/mol. The molecule has 1 aromatic heterocycles. The third-order valence-corrected chi connectivity index (χ3v) is 4.06. The van der Waals surface area contributed by atoms with Crippen LogP contribution in [0.1, 0.15) is 11.1 Å². The highest BCUT2D eigenvalue weighted by Gasteiger charge is 2.21. The van der Waals surface area contributed by atoms with Crippen molar-refractivity contribution in [2.24, 2.45) is 10.1 Å². The zero-order valence-corrected chi connectivity index (χ0v) is 11.3. The summed E-state index contributed by atoms with van der Waals surface area (Å²) in [6.07, 6.45) is 0. The number of likely N-dealkylation sites (N-methyl/N-ethyl adjacent to an activating group) is 1. The molecule has 0 amide bonds. The van der Waals surface area contributed by atoms with Gasteiger partial charge in [0.15, 0.2) is 5.84 Å². The molecule has 0 spiro atoms. The van der Waals surface area contributed by atoms with Crippen molar-refractivity contribution in [3.05, 3.63) is 52.9 Å². The Morgan fingerprint density at radius 3 is 2.79 bits per heavy atom. The molecule has 4 nitrogen and oxygen atoms in total. The van der Waals surface area contributed by atoms with Crippen molar-refractivity contribution in [1.82, 2.24) is 0 Å². The largest absolute Gasteiger partial charge is 0.409 e. The number of benzene rings is 1. The lowest BCUT2D eigenvalue weighted by Crippen LogP contribution is -2.22. The Morgan fingerprint density at radius 1 is 1.26 bits per heavy atom. The molecule has 2 heterocycles. The number of hydrogen-bond donors (Lipinski definition) is 1. The summed E-state index contributed by atoms with van der Waals surface area (Å²) in [5, 5.41) is 15.6. The van der Waals surface area contributed by atoms with E-state index < -0.39 is 0 Å². The van der Waals surface area contributed by atoms with Gasteiger partial charge in [0.25, 0.3) is 0 Å². The molecule has 0 saturated carbocycles. The maximum Gasteiger partial charge on any atom is 0.187 e. The van der Waals surface area contributed by atoms with Gasteiger partial charge in [-0.25, -0.2) is 4.99 Å². The summed E-state index contributed by atoms with van der Waals surface area (Å²) in [7, 11) is 1.98. The minimum Gasteiger partial charge on any atom is -0.409 e. The van der Waals surface area contributed by atoms with Crippen LogP contribution in [-0.4, -0.2) is 30.3 Å². The number of hydrogen-bond acceptors (Lipinski definition) is 4. The number of oxime groups is 1. The normalized spacial score (nSPS) is 17.0. The average Bonchev–Trinajstić information content (AvgIpc) is 2.88. The Balaban J connectivity index is 2.20. The Hall–Kier alpha value is -2.14.